The van der Waals surface area contributed by atoms with Crippen molar-refractivity contribution in [3.05, 3.63) is 72.9 Å². The Morgan fingerprint density at radius 1 is 0.875 bits per heavy atom. The number of rotatable bonds is 6. The summed E-state index contributed by atoms with van der Waals surface area (Å²) in [6.07, 6.45) is 10.5. The monoisotopic (exact) mass is 214 g/mol. The summed E-state index contributed by atoms with van der Waals surface area (Å²) >= 11 is 0. The maximum Gasteiger partial charge on any atom is 0.153 e. The fourth-order valence-electron chi connectivity index (χ4n) is 1.05. The van der Waals surface area contributed by atoms with Crippen LogP contribution in [0, 0.1) is 0 Å². The molecule has 0 saturated carbocycles. The summed E-state index contributed by atoms with van der Waals surface area (Å²) in [5.41, 5.74) is 2.69. The average Bonchev–Trinajstić information content (AvgIpc) is 2.27. The molecule has 0 fully saturated rings. The third-order valence-electron chi connectivity index (χ3n) is 1.98. The summed E-state index contributed by atoms with van der Waals surface area (Å²) in [6.45, 7) is 14.5. The van der Waals surface area contributed by atoms with Crippen molar-refractivity contribution < 1.29 is 4.79 Å². The van der Waals surface area contributed by atoms with Gasteiger partial charge in [-0.3, -0.25) is 4.79 Å². The second-order valence-electron chi connectivity index (χ2n) is 3.36. The number of allylic oxidation sites excluding steroid dienone is 9. The van der Waals surface area contributed by atoms with Crippen molar-refractivity contribution in [3.63, 3.8) is 0 Å². The Morgan fingerprint density at radius 2 is 1.44 bits per heavy atom. The van der Waals surface area contributed by atoms with E-state index in [4.69, 9.17) is 0 Å². The van der Waals surface area contributed by atoms with Gasteiger partial charge < -0.3 is 0 Å². The van der Waals surface area contributed by atoms with E-state index in [1.54, 1.807) is 18.2 Å². The van der Waals surface area contributed by atoms with E-state index in [0.29, 0.717) is 0 Å². The highest BCUT2D eigenvalue weighted by Crippen LogP contribution is 2.13. The lowest BCUT2D eigenvalue weighted by Gasteiger charge is -2.01. The minimum absolute atomic E-state index is 0.00734. The molecule has 0 aromatic carbocycles. The Balaban J connectivity index is 5.26. The standard InChI is InChI=1S/C15H18O/c1-6-12(4)9-10-14(7-2)15(8-3)11-13(5)16/h6-11H,1-3H2,4-5H3/b12-9-,14-10+,15-11+. The molecule has 0 aromatic rings. The smallest absolute Gasteiger partial charge is 0.153 e. The molecule has 0 aliphatic carbocycles. The Morgan fingerprint density at radius 3 is 1.81 bits per heavy atom. The molecule has 84 valence electrons. The van der Waals surface area contributed by atoms with Crippen LogP contribution in [0.5, 0.6) is 0 Å². The number of ketones is 1. The molecule has 16 heavy (non-hydrogen) atoms. The van der Waals surface area contributed by atoms with Crippen LogP contribution in [0.25, 0.3) is 0 Å². The molecule has 0 radical (unpaired) electrons. The molecular weight excluding hydrogens is 196 g/mol. The first-order valence-electron chi connectivity index (χ1n) is 5.03. The van der Waals surface area contributed by atoms with Crippen LogP contribution in [-0.2, 0) is 4.79 Å². The molecule has 0 saturated heterocycles. The van der Waals surface area contributed by atoms with E-state index in [-0.39, 0.29) is 5.78 Å². The lowest BCUT2D eigenvalue weighted by atomic mass is 10.0. The van der Waals surface area contributed by atoms with Gasteiger partial charge in [0.15, 0.2) is 5.78 Å². The van der Waals surface area contributed by atoms with Crippen molar-refractivity contribution in [1.29, 1.82) is 0 Å². The van der Waals surface area contributed by atoms with Crippen LogP contribution < -0.4 is 0 Å². The van der Waals surface area contributed by atoms with Gasteiger partial charge in [0.2, 0.25) is 0 Å². The Labute approximate surface area is 97.9 Å². The van der Waals surface area contributed by atoms with Gasteiger partial charge in [-0.05, 0) is 31.1 Å². The SMILES string of the molecule is C=C\C(C)=C/C=C(C=C)/C(C=C)=C/C(C)=O. The molecule has 0 aliphatic rings. The molecule has 0 spiro atoms. The van der Waals surface area contributed by atoms with Gasteiger partial charge in [-0.25, -0.2) is 0 Å². The van der Waals surface area contributed by atoms with Crippen molar-refractivity contribution in [2.45, 2.75) is 13.8 Å². The predicted octanol–water partition coefficient (Wildman–Crippen LogP) is 3.93. The van der Waals surface area contributed by atoms with Crippen molar-refractivity contribution in [1.82, 2.24) is 0 Å². The highest BCUT2D eigenvalue weighted by Gasteiger charge is 1.97. The van der Waals surface area contributed by atoms with Crippen LogP contribution in [0.15, 0.2) is 72.9 Å². The first-order chi connectivity index (χ1) is 7.54. The first kappa shape index (κ1) is 14.1. The minimum atomic E-state index is -0.00734. The van der Waals surface area contributed by atoms with Gasteiger partial charge in [-0.1, -0.05) is 55.7 Å². The zero-order chi connectivity index (χ0) is 12.6. The number of carbonyl (C=O) groups is 1. The van der Waals surface area contributed by atoms with Gasteiger partial charge in [-0.2, -0.15) is 0 Å². The maximum atomic E-state index is 11.0. The number of hydrogen-bond donors (Lipinski definition) is 0. The molecule has 0 unspecified atom stereocenters. The molecule has 0 N–H and O–H groups in total. The molecule has 0 amide bonds. The van der Waals surface area contributed by atoms with Gasteiger partial charge >= 0.3 is 0 Å². The van der Waals surface area contributed by atoms with E-state index < -0.39 is 0 Å². The normalized spacial score (nSPS) is 13.2. The molecule has 0 aliphatic heterocycles. The lowest BCUT2D eigenvalue weighted by molar-refractivity contribution is -0.112. The summed E-state index contributed by atoms with van der Waals surface area (Å²) in [4.78, 5) is 11.0. The molecule has 1 nitrogen and oxygen atoms in total. The van der Waals surface area contributed by atoms with E-state index in [1.165, 1.54) is 13.0 Å². The fourth-order valence-corrected chi connectivity index (χ4v) is 1.05. The molecule has 0 aromatic heterocycles. The van der Waals surface area contributed by atoms with Crippen molar-refractivity contribution in [2.24, 2.45) is 0 Å². The maximum absolute atomic E-state index is 11.0. The van der Waals surface area contributed by atoms with Crippen LogP contribution >= 0.6 is 0 Å². The van der Waals surface area contributed by atoms with Gasteiger partial charge in [0, 0.05) is 0 Å². The molecule has 0 bridgehead atoms. The summed E-state index contributed by atoms with van der Waals surface area (Å²) < 4.78 is 0. The van der Waals surface area contributed by atoms with Crippen molar-refractivity contribution in [3.8, 4) is 0 Å². The van der Waals surface area contributed by atoms with Gasteiger partial charge in [-0.15, -0.1) is 0 Å². The van der Waals surface area contributed by atoms with Crippen LogP contribution in [0.4, 0.5) is 0 Å². The average molecular weight is 214 g/mol. The van der Waals surface area contributed by atoms with E-state index >= 15 is 0 Å². The van der Waals surface area contributed by atoms with Crippen LogP contribution in [0.2, 0.25) is 0 Å². The summed E-state index contributed by atoms with van der Waals surface area (Å²) in [7, 11) is 0. The van der Waals surface area contributed by atoms with E-state index in [0.717, 1.165) is 16.7 Å². The topological polar surface area (TPSA) is 17.1 Å². The Hall–Kier alpha value is -1.89. The van der Waals surface area contributed by atoms with Gasteiger partial charge in [0.1, 0.15) is 0 Å². The zero-order valence-corrected chi connectivity index (χ0v) is 9.99. The Kier molecular flexibility index (Phi) is 6.53. The van der Waals surface area contributed by atoms with Crippen molar-refractivity contribution >= 4 is 5.78 Å². The van der Waals surface area contributed by atoms with Crippen LogP contribution in [0.3, 0.4) is 0 Å². The predicted molar refractivity (Wildman–Crippen MR) is 71.2 cm³/mol. The second-order valence-corrected chi connectivity index (χ2v) is 3.36. The highest BCUT2D eigenvalue weighted by atomic mass is 16.1. The fraction of sp³-hybridized carbons (Fsp3) is 0.133. The quantitative estimate of drug-likeness (QED) is 0.483. The van der Waals surface area contributed by atoms with E-state index in [9.17, 15) is 4.79 Å². The third kappa shape index (κ3) is 5.11. The number of carbonyl (C=O) groups excluding carboxylic acids is 1. The molecule has 1 heteroatoms. The molecule has 0 rings (SSSR count). The third-order valence-corrected chi connectivity index (χ3v) is 1.98. The van der Waals surface area contributed by atoms with E-state index in [2.05, 4.69) is 19.7 Å². The summed E-state index contributed by atoms with van der Waals surface area (Å²) in [6, 6.07) is 0. The van der Waals surface area contributed by atoms with Gasteiger partial charge in [0.25, 0.3) is 0 Å². The van der Waals surface area contributed by atoms with Gasteiger partial charge in [0.05, 0.1) is 0 Å². The molecular formula is C15H18O. The Bertz CT molecular complexity index is 390. The zero-order valence-electron chi connectivity index (χ0n) is 9.99. The van der Waals surface area contributed by atoms with E-state index in [1.807, 2.05) is 19.1 Å². The van der Waals surface area contributed by atoms with Crippen LogP contribution in [-0.4, -0.2) is 5.78 Å². The van der Waals surface area contributed by atoms with Crippen LogP contribution in [0.1, 0.15) is 13.8 Å². The summed E-state index contributed by atoms with van der Waals surface area (Å²) in [5, 5.41) is 0. The first-order valence-corrected chi connectivity index (χ1v) is 5.03. The second kappa shape index (κ2) is 7.41. The van der Waals surface area contributed by atoms with Crippen molar-refractivity contribution in [2.75, 3.05) is 0 Å². The molecule has 0 atom stereocenters. The minimum Gasteiger partial charge on any atom is -0.295 e. The largest absolute Gasteiger partial charge is 0.295 e. The summed E-state index contributed by atoms with van der Waals surface area (Å²) in [5.74, 6) is -0.00734. The number of hydrogen-bond acceptors (Lipinski definition) is 1. The molecule has 0 heterocycles. The highest BCUT2D eigenvalue weighted by molar-refractivity contribution is 5.89. The lowest BCUT2D eigenvalue weighted by Crippen LogP contribution is -1.89.